The first-order valence-corrected chi connectivity index (χ1v) is 9.54. The van der Waals surface area contributed by atoms with Crippen LogP contribution in [0.1, 0.15) is 30.5 Å². The van der Waals surface area contributed by atoms with E-state index in [1.807, 2.05) is 37.3 Å². The zero-order valence-electron chi connectivity index (χ0n) is 15.3. The number of oxime groups is 1. The summed E-state index contributed by atoms with van der Waals surface area (Å²) in [4.78, 5) is 14.3. The summed E-state index contributed by atoms with van der Waals surface area (Å²) in [6, 6.07) is 11.6. The first-order valence-electron chi connectivity index (χ1n) is 8.78. The number of imidazole rings is 1. The van der Waals surface area contributed by atoms with E-state index in [1.165, 1.54) is 0 Å². The molecule has 2 unspecified atom stereocenters. The van der Waals surface area contributed by atoms with E-state index in [2.05, 4.69) is 21.2 Å². The molecule has 144 valence electrons. The van der Waals surface area contributed by atoms with Gasteiger partial charge in [-0.1, -0.05) is 40.5 Å². The Bertz CT molecular complexity index is 1030. The summed E-state index contributed by atoms with van der Waals surface area (Å²) in [6.07, 6.45) is 3.93. The number of hydrogen-bond acceptors (Lipinski definition) is 5. The highest BCUT2D eigenvalue weighted by Crippen LogP contribution is 2.33. The van der Waals surface area contributed by atoms with E-state index < -0.39 is 0 Å². The summed E-state index contributed by atoms with van der Waals surface area (Å²) in [6.45, 7) is 2.01. The highest BCUT2D eigenvalue weighted by molar-refractivity contribution is 6.30. The summed E-state index contributed by atoms with van der Waals surface area (Å²) in [7, 11) is 1.57. The van der Waals surface area contributed by atoms with Gasteiger partial charge < -0.3 is 9.57 Å². The molecule has 0 spiro atoms. The Labute approximate surface area is 172 Å². The van der Waals surface area contributed by atoms with Crippen LogP contribution in [0.25, 0.3) is 5.69 Å². The monoisotopic (exact) mass is 416 g/mol. The molecule has 2 aromatic heterocycles. The van der Waals surface area contributed by atoms with Crippen molar-refractivity contribution in [1.82, 2.24) is 14.5 Å². The van der Waals surface area contributed by atoms with Crippen LogP contribution in [0.5, 0.6) is 5.88 Å². The molecule has 0 fully saturated rings. The summed E-state index contributed by atoms with van der Waals surface area (Å²) in [5.74, 6) is 0.582. The molecule has 0 bridgehead atoms. The molecule has 3 aromatic rings. The van der Waals surface area contributed by atoms with Crippen LogP contribution in [-0.4, -0.2) is 33.5 Å². The number of nitrogens with zero attached hydrogens (tertiary/aromatic N) is 4. The third kappa shape index (κ3) is 3.70. The van der Waals surface area contributed by atoms with Gasteiger partial charge in [0.05, 0.1) is 12.8 Å². The number of pyridine rings is 1. The van der Waals surface area contributed by atoms with Gasteiger partial charge in [0, 0.05) is 23.6 Å². The van der Waals surface area contributed by atoms with Crippen LogP contribution >= 0.6 is 23.2 Å². The van der Waals surface area contributed by atoms with Crippen molar-refractivity contribution in [3.63, 3.8) is 0 Å². The number of ether oxygens (including phenoxy) is 1. The van der Waals surface area contributed by atoms with Crippen LogP contribution in [0.4, 0.5) is 0 Å². The Hall–Kier alpha value is -2.57. The van der Waals surface area contributed by atoms with E-state index in [9.17, 15) is 0 Å². The van der Waals surface area contributed by atoms with Crippen LogP contribution in [-0.2, 0) is 4.84 Å². The number of aromatic nitrogens is 3. The van der Waals surface area contributed by atoms with Crippen LogP contribution < -0.4 is 4.74 Å². The van der Waals surface area contributed by atoms with Gasteiger partial charge in [0.1, 0.15) is 29.0 Å². The molecule has 8 heteroatoms. The average Bonchev–Trinajstić information content (AvgIpc) is 3.14. The summed E-state index contributed by atoms with van der Waals surface area (Å²) < 4.78 is 7.23. The number of halogens is 2. The first kappa shape index (κ1) is 18.8. The second-order valence-corrected chi connectivity index (χ2v) is 7.37. The minimum atomic E-state index is -0.0588. The van der Waals surface area contributed by atoms with Crippen LogP contribution in [0, 0.1) is 0 Å². The Morgan fingerprint density at radius 3 is 2.79 bits per heavy atom. The summed E-state index contributed by atoms with van der Waals surface area (Å²) in [5, 5.41) is 5.39. The fourth-order valence-corrected chi connectivity index (χ4v) is 3.63. The Morgan fingerprint density at radius 2 is 2.07 bits per heavy atom. The molecule has 0 aliphatic carbocycles. The number of benzene rings is 1. The van der Waals surface area contributed by atoms with Gasteiger partial charge in [0.15, 0.2) is 0 Å². The number of methoxy groups -OCH3 is 1. The van der Waals surface area contributed by atoms with Crippen LogP contribution in [0.2, 0.25) is 10.2 Å². The molecule has 6 nitrogen and oxygen atoms in total. The SMILES string of the molecule is COc1nc(C2=NOC(C)C(c3cccc(Cl)c3)C2)ccc1-n1cnc(Cl)c1. The maximum Gasteiger partial charge on any atom is 0.238 e. The van der Waals surface area contributed by atoms with Crippen molar-refractivity contribution in [2.75, 3.05) is 7.11 Å². The lowest BCUT2D eigenvalue weighted by Gasteiger charge is -2.28. The molecular formula is C20H18Cl2N4O2. The molecule has 0 radical (unpaired) electrons. The lowest BCUT2D eigenvalue weighted by atomic mass is 9.87. The molecule has 1 aromatic carbocycles. The van der Waals surface area contributed by atoms with Crippen molar-refractivity contribution in [3.8, 4) is 11.6 Å². The highest BCUT2D eigenvalue weighted by atomic mass is 35.5. The molecule has 28 heavy (non-hydrogen) atoms. The van der Waals surface area contributed by atoms with E-state index >= 15 is 0 Å². The summed E-state index contributed by atoms with van der Waals surface area (Å²) >= 11 is 12.1. The Balaban J connectivity index is 1.65. The summed E-state index contributed by atoms with van der Waals surface area (Å²) in [5.41, 5.74) is 3.31. The topological polar surface area (TPSA) is 61.5 Å². The lowest BCUT2D eigenvalue weighted by molar-refractivity contribution is 0.0420. The average molecular weight is 417 g/mol. The molecule has 0 saturated carbocycles. The number of hydrogen-bond donors (Lipinski definition) is 0. The second-order valence-electron chi connectivity index (χ2n) is 6.54. The number of rotatable bonds is 4. The quantitative estimate of drug-likeness (QED) is 0.607. The zero-order valence-corrected chi connectivity index (χ0v) is 16.9. The van der Waals surface area contributed by atoms with Gasteiger partial charge in [-0.3, -0.25) is 4.57 Å². The smallest absolute Gasteiger partial charge is 0.238 e. The van der Waals surface area contributed by atoms with Crippen LogP contribution in [0.15, 0.2) is 54.1 Å². The fourth-order valence-electron chi connectivity index (χ4n) is 3.28. The zero-order chi connectivity index (χ0) is 19.7. The van der Waals surface area contributed by atoms with E-state index in [0.29, 0.717) is 28.2 Å². The molecule has 0 amide bonds. The minimum absolute atomic E-state index is 0.0588. The Kier molecular flexibility index (Phi) is 5.24. The minimum Gasteiger partial charge on any atom is -0.479 e. The van der Waals surface area contributed by atoms with Crippen molar-refractivity contribution in [2.24, 2.45) is 5.16 Å². The molecule has 4 rings (SSSR count). The fraction of sp³-hybridized carbons (Fsp3) is 0.250. The van der Waals surface area contributed by atoms with E-state index in [1.54, 1.807) is 24.2 Å². The molecular weight excluding hydrogens is 399 g/mol. The predicted octanol–water partition coefficient (Wildman–Crippen LogP) is 4.88. The van der Waals surface area contributed by atoms with Crippen LogP contribution in [0.3, 0.4) is 0 Å². The molecule has 0 saturated heterocycles. The van der Waals surface area contributed by atoms with Gasteiger partial charge in [-0.05, 0) is 36.8 Å². The van der Waals surface area contributed by atoms with Gasteiger partial charge in [-0.15, -0.1) is 0 Å². The van der Waals surface area contributed by atoms with Crippen molar-refractivity contribution >= 4 is 28.9 Å². The van der Waals surface area contributed by atoms with E-state index in [4.69, 9.17) is 32.8 Å². The highest BCUT2D eigenvalue weighted by Gasteiger charge is 2.29. The normalized spacial score (nSPS) is 19.1. The third-order valence-electron chi connectivity index (χ3n) is 4.74. The maximum atomic E-state index is 6.17. The third-order valence-corrected chi connectivity index (χ3v) is 5.17. The molecule has 2 atom stereocenters. The second kappa shape index (κ2) is 7.81. The molecule has 0 N–H and O–H groups in total. The van der Waals surface area contributed by atoms with Gasteiger partial charge in [-0.25, -0.2) is 9.97 Å². The van der Waals surface area contributed by atoms with Gasteiger partial charge >= 0.3 is 0 Å². The molecule has 1 aliphatic rings. The van der Waals surface area contributed by atoms with Crippen molar-refractivity contribution in [1.29, 1.82) is 0 Å². The predicted molar refractivity (Wildman–Crippen MR) is 109 cm³/mol. The standard InChI is InChI=1S/C20H18Cl2N4O2/c1-12-15(13-4-3-5-14(21)8-13)9-17(25-28-12)16-6-7-18(20(24-16)27-2)26-10-19(22)23-11-26/h3-8,10-12,15H,9H2,1-2H3. The lowest BCUT2D eigenvalue weighted by Crippen LogP contribution is -2.26. The van der Waals surface area contributed by atoms with Gasteiger partial charge in [-0.2, -0.15) is 0 Å². The van der Waals surface area contributed by atoms with Gasteiger partial charge in [0.2, 0.25) is 5.88 Å². The van der Waals surface area contributed by atoms with Gasteiger partial charge in [0.25, 0.3) is 0 Å². The van der Waals surface area contributed by atoms with Crippen molar-refractivity contribution < 1.29 is 9.57 Å². The van der Waals surface area contributed by atoms with Crippen molar-refractivity contribution in [2.45, 2.75) is 25.4 Å². The first-order chi connectivity index (χ1) is 13.5. The molecule has 1 aliphatic heterocycles. The molecule has 3 heterocycles. The van der Waals surface area contributed by atoms with E-state index in [-0.39, 0.29) is 12.0 Å². The maximum absolute atomic E-state index is 6.17. The van der Waals surface area contributed by atoms with Crippen molar-refractivity contribution in [3.05, 3.63) is 70.4 Å². The largest absolute Gasteiger partial charge is 0.479 e. The van der Waals surface area contributed by atoms with E-state index in [0.717, 1.165) is 17.0 Å². The Morgan fingerprint density at radius 1 is 1.21 bits per heavy atom.